The minimum absolute atomic E-state index is 0.111. The Morgan fingerprint density at radius 2 is 2.17 bits per heavy atom. The van der Waals surface area contributed by atoms with Crippen LogP contribution in [0.15, 0.2) is 27.9 Å². The molecule has 0 spiro atoms. The van der Waals surface area contributed by atoms with Gasteiger partial charge in [0.25, 0.3) is 0 Å². The van der Waals surface area contributed by atoms with Crippen LogP contribution in [-0.2, 0) is 12.6 Å². The van der Waals surface area contributed by atoms with E-state index in [9.17, 15) is 13.2 Å². The molecule has 1 atom stereocenters. The van der Waals surface area contributed by atoms with Crippen molar-refractivity contribution in [1.29, 1.82) is 0 Å². The molecule has 2 N–H and O–H groups in total. The lowest BCUT2D eigenvalue weighted by Gasteiger charge is -2.16. The van der Waals surface area contributed by atoms with E-state index in [4.69, 9.17) is 0 Å². The number of nitrogens with zero attached hydrogens (tertiary/aromatic N) is 2. The summed E-state index contributed by atoms with van der Waals surface area (Å²) in [7, 11) is 0. The van der Waals surface area contributed by atoms with Crippen molar-refractivity contribution < 1.29 is 13.2 Å². The van der Waals surface area contributed by atoms with Crippen LogP contribution in [0.5, 0.6) is 0 Å². The van der Waals surface area contributed by atoms with Crippen molar-refractivity contribution in [3.8, 4) is 0 Å². The number of halogens is 3. The fourth-order valence-corrected chi connectivity index (χ4v) is 3.48. The highest BCUT2D eigenvalue weighted by atomic mass is 32.1. The Hall–Kier alpha value is -1.61. The largest absolute Gasteiger partial charge is 0.434 e. The highest BCUT2D eigenvalue weighted by molar-refractivity contribution is 7.10. The molecule has 0 aliphatic heterocycles. The van der Waals surface area contributed by atoms with Gasteiger partial charge < -0.3 is 10.6 Å². The zero-order valence-electron chi connectivity index (χ0n) is 13.4. The van der Waals surface area contributed by atoms with Gasteiger partial charge in [0, 0.05) is 29.8 Å². The molecule has 0 aliphatic carbocycles. The van der Waals surface area contributed by atoms with Gasteiger partial charge in [-0.05, 0) is 25.3 Å². The van der Waals surface area contributed by atoms with Crippen LogP contribution in [0.1, 0.15) is 35.5 Å². The number of hydrogen-bond donors (Lipinski definition) is 2. The molecule has 2 rings (SSSR count). The molecule has 0 aliphatic rings. The summed E-state index contributed by atoms with van der Waals surface area (Å²) in [6, 6.07) is 4.14. The molecule has 132 valence electrons. The number of rotatable bonds is 6. The second-order valence-corrected chi connectivity index (χ2v) is 6.94. The van der Waals surface area contributed by atoms with E-state index in [1.54, 1.807) is 11.3 Å². The van der Waals surface area contributed by atoms with Crippen molar-refractivity contribution in [3.05, 3.63) is 38.5 Å². The normalized spacial score (nSPS) is 13.8. The Kier molecular flexibility index (Phi) is 6.61. The molecular weight excluding hydrogens is 357 g/mol. The fraction of sp³-hybridized carbons (Fsp3) is 0.467. The van der Waals surface area contributed by atoms with Crippen molar-refractivity contribution >= 4 is 28.6 Å². The first-order chi connectivity index (χ1) is 11.4. The summed E-state index contributed by atoms with van der Waals surface area (Å²) in [6.45, 7) is 5.08. The van der Waals surface area contributed by atoms with Gasteiger partial charge in [0.05, 0.1) is 11.0 Å². The molecule has 2 aromatic heterocycles. The second kappa shape index (κ2) is 8.48. The van der Waals surface area contributed by atoms with Gasteiger partial charge in [0.1, 0.15) is 0 Å². The topological polar surface area (TPSA) is 49.3 Å². The van der Waals surface area contributed by atoms with E-state index in [1.165, 1.54) is 4.88 Å². The van der Waals surface area contributed by atoms with Crippen LogP contribution in [0.3, 0.4) is 0 Å². The van der Waals surface area contributed by atoms with Gasteiger partial charge in [-0.2, -0.15) is 13.2 Å². The lowest BCUT2D eigenvalue weighted by atomic mass is 10.3. The van der Waals surface area contributed by atoms with Crippen molar-refractivity contribution in [3.63, 3.8) is 0 Å². The first-order valence-corrected chi connectivity index (χ1v) is 9.26. The Balaban J connectivity index is 1.92. The summed E-state index contributed by atoms with van der Waals surface area (Å²) in [5.41, 5.74) is -0.831. The molecule has 0 radical (unpaired) electrons. The maximum absolute atomic E-state index is 12.5. The first-order valence-electron chi connectivity index (χ1n) is 7.50. The van der Waals surface area contributed by atoms with Crippen LogP contribution in [0.2, 0.25) is 0 Å². The van der Waals surface area contributed by atoms with E-state index in [2.05, 4.69) is 20.6 Å². The molecule has 0 saturated heterocycles. The zero-order chi connectivity index (χ0) is 17.6. The van der Waals surface area contributed by atoms with Crippen molar-refractivity contribution in [2.45, 2.75) is 32.5 Å². The summed E-state index contributed by atoms with van der Waals surface area (Å²) < 4.78 is 37.6. The van der Waals surface area contributed by atoms with Crippen LogP contribution in [0, 0.1) is 0 Å². The molecule has 2 aromatic rings. The van der Waals surface area contributed by atoms with Crippen LogP contribution in [-0.4, -0.2) is 24.0 Å². The molecule has 0 fully saturated rings. The van der Waals surface area contributed by atoms with Gasteiger partial charge >= 0.3 is 6.18 Å². The van der Waals surface area contributed by atoms with Gasteiger partial charge in [-0.15, -0.1) is 22.7 Å². The fourth-order valence-electron chi connectivity index (χ4n) is 1.95. The molecule has 2 heterocycles. The smallest absolute Gasteiger partial charge is 0.357 e. The quantitative estimate of drug-likeness (QED) is 0.590. The number of nitrogens with one attached hydrogen (secondary N) is 2. The number of guanidine groups is 1. The van der Waals surface area contributed by atoms with E-state index in [0.29, 0.717) is 30.5 Å². The first kappa shape index (κ1) is 18.7. The van der Waals surface area contributed by atoms with E-state index in [-0.39, 0.29) is 6.04 Å². The Morgan fingerprint density at radius 1 is 1.38 bits per heavy atom. The standard InChI is InChI=1S/C15H19F3N4S2/c1-3-19-14(21-10(2)11-5-4-8-23-11)20-7-6-13-22-12(9-24-13)15(16,17)18/h4-5,8-10H,3,6-7H2,1-2H3,(H2,19,20,21). The highest BCUT2D eigenvalue weighted by Crippen LogP contribution is 2.30. The molecule has 0 amide bonds. The number of aromatic nitrogens is 1. The average molecular weight is 376 g/mol. The number of alkyl halides is 3. The van der Waals surface area contributed by atoms with Gasteiger partial charge in [-0.1, -0.05) is 6.07 Å². The average Bonchev–Trinajstić information content (AvgIpc) is 3.18. The van der Waals surface area contributed by atoms with Gasteiger partial charge in [-0.25, -0.2) is 4.98 Å². The Labute approximate surface area is 146 Å². The summed E-state index contributed by atoms with van der Waals surface area (Å²) in [4.78, 5) is 9.22. The Morgan fingerprint density at radius 3 is 2.75 bits per heavy atom. The lowest BCUT2D eigenvalue weighted by molar-refractivity contribution is -0.140. The minimum atomic E-state index is -4.38. The maximum Gasteiger partial charge on any atom is 0.434 e. The monoisotopic (exact) mass is 376 g/mol. The van der Waals surface area contributed by atoms with E-state index < -0.39 is 11.9 Å². The van der Waals surface area contributed by atoms with Crippen molar-refractivity contribution in [2.24, 2.45) is 4.99 Å². The summed E-state index contributed by atoms with van der Waals surface area (Å²) >= 11 is 2.67. The third-order valence-electron chi connectivity index (χ3n) is 3.11. The molecule has 24 heavy (non-hydrogen) atoms. The van der Waals surface area contributed by atoms with Gasteiger partial charge in [-0.3, -0.25) is 4.99 Å². The number of hydrogen-bond acceptors (Lipinski definition) is 4. The predicted octanol–water partition coefficient (Wildman–Crippen LogP) is 4.08. The summed E-state index contributed by atoms with van der Waals surface area (Å²) in [5.74, 6) is 0.644. The Bertz CT molecular complexity index is 650. The highest BCUT2D eigenvalue weighted by Gasteiger charge is 2.33. The third-order valence-corrected chi connectivity index (χ3v) is 5.07. The van der Waals surface area contributed by atoms with Crippen molar-refractivity contribution in [2.75, 3.05) is 13.1 Å². The molecule has 0 aromatic carbocycles. The third kappa shape index (κ3) is 5.48. The van der Waals surface area contributed by atoms with Gasteiger partial charge in [0.15, 0.2) is 11.7 Å². The van der Waals surface area contributed by atoms with E-state index >= 15 is 0 Å². The van der Waals surface area contributed by atoms with Gasteiger partial charge in [0.2, 0.25) is 0 Å². The molecule has 0 saturated carbocycles. The zero-order valence-corrected chi connectivity index (χ0v) is 15.0. The summed E-state index contributed by atoms with van der Waals surface area (Å²) in [6.07, 6.45) is -4.00. The van der Waals surface area contributed by atoms with Crippen LogP contribution in [0.25, 0.3) is 0 Å². The maximum atomic E-state index is 12.5. The number of thiazole rings is 1. The SMILES string of the molecule is CCNC(=NCCc1nc(C(F)(F)F)cs1)NC(C)c1cccs1. The molecule has 4 nitrogen and oxygen atoms in total. The van der Waals surface area contributed by atoms with Crippen LogP contribution >= 0.6 is 22.7 Å². The number of aliphatic imine (C=N–C) groups is 1. The lowest BCUT2D eigenvalue weighted by Crippen LogP contribution is -2.38. The predicted molar refractivity (Wildman–Crippen MR) is 92.7 cm³/mol. The summed E-state index contributed by atoms with van der Waals surface area (Å²) in [5, 5.41) is 9.92. The molecule has 1 unspecified atom stereocenters. The van der Waals surface area contributed by atoms with E-state index in [0.717, 1.165) is 16.7 Å². The van der Waals surface area contributed by atoms with Crippen LogP contribution in [0.4, 0.5) is 13.2 Å². The molecular formula is C15H19F3N4S2. The number of thiophene rings is 1. The second-order valence-electron chi connectivity index (χ2n) is 5.02. The molecule has 9 heteroatoms. The van der Waals surface area contributed by atoms with Crippen molar-refractivity contribution in [1.82, 2.24) is 15.6 Å². The minimum Gasteiger partial charge on any atom is -0.357 e. The van der Waals surface area contributed by atoms with Crippen LogP contribution < -0.4 is 10.6 Å². The molecule has 0 bridgehead atoms. The van der Waals surface area contributed by atoms with E-state index in [1.807, 2.05) is 31.4 Å².